The van der Waals surface area contributed by atoms with Gasteiger partial charge in [-0.2, -0.15) is 0 Å². The summed E-state index contributed by atoms with van der Waals surface area (Å²) in [6.07, 6.45) is 9.50. The molecule has 1 aliphatic rings. The van der Waals surface area contributed by atoms with Crippen LogP contribution in [0.3, 0.4) is 0 Å². The molecule has 0 bridgehead atoms. The van der Waals surface area contributed by atoms with Gasteiger partial charge >= 0.3 is 0 Å². The summed E-state index contributed by atoms with van der Waals surface area (Å²) in [6, 6.07) is 7.74. The quantitative estimate of drug-likeness (QED) is 0.847. The fraction of sp³-hybridized carbons (Fsp3) is 0.389. The molecule has 1 fully saturated rings. The lowest BCUT2D eigenvalue weighted by Crippen LogP contribution is -2.38. The van der Waals surface area contributed by atoms with Gasteiger partial charge in [0, 0.05) is 43.9 Å². The highest BCUT2D eigenvalue weighted by Gasteiger charge is 2.20. The summed E-state index contributed by atoms with van der Waals surface area (Å²) in [6.45, 7) is 2.77. The molecule has 0 atom stereocenters. The van der Waals surface area contributed by atoms with Crippen LogP contribution < -0.4 is 10.2 Å². The summed E-state index contributed by atoms with van der Waals surface area (Å²) < 4.78 is 0. The molecule has 6 heteroatoms. The molecule has 2 aromatic rings. The van der Waals surface area contributed by atoms with Gasteiger partial charge in [-0.25, -0.2) is 4.98 Å². The average Bonchev–Trinajstić information content (AvgIpc) is 2.67. The molecular formula is C18H22N4OS. The van der Waals surface area contributed by atoms with Crippen LogP contribution in [0.25, 0.3) is 0 Å². The van der Waals surface area contributed by atoms with Crippen LogP contribution in [0, 0.1) is 5.92 Å². The number of nitrogens with one attached hydrogen (secondary N) is 1. The zero-order valence-corrected chi connectivity index (χ0v) is 14.6. The number of rotatable bonds is 5. The van der Waals surface area contributed by atoms with E-state index < -0.39 is 0 Å². The van der Waals surface area contributed by atoms with Crippen LogP contribution in [0.1, 0.15) is 23.2 Å². The first kappa shape index (κ1) is 16.8. The number of carbonyl (C=O) groups excluding carboxylic acids is 1. The fourth-order valence-electron chi connectivity index (χ4n) is 3.01. The highest BCUT2D eigenvalue weighted by Crippen LogP contribution is 2.22. The lowest BCUT2D eigenvalue weighted by molar-refractivity contribution is 0.0941. The molecule has 1 amide bonds. The molecule has 1 aliphatic heterocycles. The highest BCUT2D eigenvalue weighted by molar-refractivity contribution is 7.98. The number of hydrogen-bond acceptors (Lipinski definition) is 5. The number of hydrogen-bond donors (Lipinski definition) is 1. The first-order valence-electron chi connectivity index (χ1n) is 8.20. The Labute approximate surface area is 146 Å². The normalized spacial score (nSPS) is 15.3. The third-order valence-corrected chi connectivity index (χ3v) is 5.11. The summed E-state index contributed by atoms with van der Waals surface area (Å²) in [5, 5.41) is 3.86. The van der Waals surface area contributed by atoms with E-state index in [0.717, 1.165) is 37.5 Å². The number of piperidine rings is 1. The van der Waals surface area contributed by atoms with Crippen LogP contribution in [0.4, 0.5) is 5.69 Å². The van der Waals surface area contributed by atoms with Gasteiger partial charge in [-0.3, -0.25) is 9.78 Å². The number of nitrogens with zero attached hydrogens (tertiary/aromatic N) is 3. The molecule has 24 heavy (non-hydrogen) atoms. The first-order chi connectivity index (χ1) is 11.8. The molecule has 0 aliphatic carbocycles. The van der Waals surface area contributed by atoms with Gasteiger partial charge in [0.05, 0.1) is 5.56 Å². The zero-order chi connectivity index (χ0) is 16.8. The van der Waals surface area contributed by atoms with Crippen molar-refractivity contribution < 1.29 is 4.79 Å². The van der Waals surface area contributed by atoms with E-state index >= 15 is 0 Å². The molecule has 0 saturated carbocycles. The number of aromatic nitrogens is 2. The second-order valence-corrected chi connectivity index (χ2v) is 6.70. The first-order valence-corrected chi connectivity index (χ1v) is 9.42. The SMILES string of the molecule is CSc1ncccc1C(=O)NCC1CCN(c2ccncc2)CC1. The van der Waals surface area contributed by atoms with Crippen molar-refractivity contribution in [1.82, 2.24) is 15.3 Å². The van der Waals surface area contributed by atoms with Crippen LogP contribution in [0.15, 0.2) is 47.9 Å². The molecule has 0 spiro atoms. The van der Waals surface area contributed by atoms with Gasteiger partial charge < -0.3 is 10.2 Å². The Morgan fingerprint density at radius 2 is 2.00 bits per heavy atom. The molecular weight excluding hydrogens is 320 g/mol. The van der Waals surface area contributed by atoms with E-state index in [9.17, 15) is 4.79 Å². The molecule has 2 aromatic heterocycles. The van der Waals surface area contributed by atoms with Gasteiger partial charge in [-0.15, -0.1) is 11.8 Å². The molecule has 0 radical (unpaired) electrons. The minimum atomic E-state index is -0.0241. The van der Waals surface area contributed by atoms with Crippen molar-refractivity contribution in [1.29, 1.82) is 0 Å². The summed E-state index contributed by atoms with van der Waals surface area (Å²) in [5.74, 6) is 0.505. The fourth-order valence-corrected chi connectivity index (χ4v) is 3.56. The van der Waals surface area contributed by atoms with E-state index in [2.05, 4.69) is 32.3 Å². The maximum Gasteiger partial charge on any atom is 0.254 e. The summed E-state index contributed by atoms with van der Waals surface area (Å²) in [7, 11) is 0. The Morgan fingerprint density at radius 1 is 1.25 bits per heavy atom. The van der Waals surface area contributed by atoms with Crippen molar-refractivity contribution in [3.8, 4) is 0 Å². The van der Waals surface area contributed by atoms with E-state index in [0.29, 0.717) is 11.5 Å². The van der Waals surface area contributed by atoms with E-state index in [1.54, 1.807) is 6.20 Å². The van der Waals surface area contributed by atoms with Crippen molar-refractivity contribution in [2.75, 3.05) is 30.8 Å². The van der Waals surface area contributed by atoms with Gasteiger partial charge in [-0.1, -0.05) is 0 Å². The smallest absolute Gasteiger partial charge is 0.254 e. The maximum absolute atomic E-state index is 12.4. The minimum Gasteiger partial charge on any atom is -0.371 e. The van der Waals surface area contributed by atoms with Crippen molar-refractivity contribution in [2.45, 2.75) is 17.9 Å². The van der Waals surface area contributed by atoms with Crippen LogP contribution in [0.5, 0.6) is 0 Å². The Hall–Kier alpha value is -2.08. The molecule has 126 valence electrons. The standard InChI is InChI=1S/C18H22N4OS/c1-24-18-16(3-2-8-20-18)17(23)21-13-14-6-11-22(12-7-14)15-4-9-19-10-5-15/h2-5,8-10,14H,6-7,11-13H2,1H3,(H,21,23). The minimum absolute atomic E-state index is 0.0241. The summed E-state index contributed by atoms with van der Waals surface area (Å²) in [4.78, 5) is 23.1. The molecule has 1 N–H and O–H groups in total. The topological polar surface area (TPSA) is 58.1 Å². The maximum atomic E-state index is 12.4. The van der Waals surface area contributed by atoms with Gasteiger partial charge in [-0.05, 0) is 49.3 Å². The zero-order valence-electron chi connectivity index (χ0n) is 13.8. The Balaban J connectivity index is 1.49. The monoisotopic (exact) mass is 342 g/mol. The molecule has 0 unspecified atom stereocenters. The molecule has 3 heterocycles. The van der Waals surface area contributed by atoms with Crippen LogP contribution >= 0.6 is 11.8 Å². The predicted octanol–water partition coefficient (Wildman–Crippen LogP) is 2.84. The molecule has 5 nitrogen and oxygen atoms in total. The number of pyridine rings is 2. The Bertz CT molecular complexity index is 672. The molecule has 1 saturated heterocycles. The van der Waals surface area contributed by atoms with Gasteiger partial charge in [0.15, 0.2) is 0 Å². The number of amides is 1. The number of thioether (sulfide) groups is 1. The van der Waals surface area contributed by atoms with Crippen molar-refractivity contribution in [3.63, 3.8) is 0 Å². The van der Waals surface area contributed by atoms with Gasteiger partial charge in [0.2, 0.25) is 0 Å². The molecule has 0 aromatic carbocycles. The van der Waals surface area contributed by atoms with E-state index in [-0.39, 0.29) is 5.91 Å². The number of anilines is 1. The Kier molecular flexibility index (Phi) is 5.69. The second-order valence-electron chi connectivity index (χ2n) is 5.91. The predicted molar refractivity (Wildman–Crippen MR) is 97.5 cm³/mol. The number of carbonyl (C=O) groups is 1. The molecule has 3 rings (SSSR count). The third-order valence-electron chi connectivity index (χ3n) is 4.40. The van der Waals surface area contributed by atoms with E-state index in [4.69, 9.17) is 0 Å². The summed E-state index contributed by atoms with van der Waals surface area (Å²) >= 11 is 1.50. The Morgan fingerprint density at radius 3 is 2.71 bits per heavy atom. The van der Waals surface area contributed by atoms with Crippen LogP contribution in [0.2, 0.25) is 0 Å². The van der Waals surface area contributed by atoms with E-state index in [1.807, 2.05) is 30.8 Å². The van der Waals surface area contributed by atoms with Crippen LogP contribution in [-0.2, 0) is 0 Å². The lowest BCUT2D eigenvalue weighted by Gasteiger charge is -2.33. The largest absolute Gasteiger partial charge is 0.371 e. The van der Waals surface area contributed by atoms with E-state index in [1.165, 1.54) is 17.4 Å². The van der Waals surface area contributed by atoms with Gasteiger partial charge in [0.25, 0.3) is 5.91 Å². The average molecular weight is 342 g/mol. The lowest BCUT2D eigenvalue weighted by atomic mass is 9.96. The van der Waals surface area contributed by atoms with Crippen molar-refractivity contribution in [2.24, 2.45) is 5.92 Å². The van der Waals surface area contributed by atoms with Crippen molar-refractivity contribution >= 4 is 23.4 Å². The van der Waals surface area contributed by atoms with Gasteiger partial charge in [0.1, 0.15) is 5.03 Å². The highest BCUT2D eigenvalue weighted by atomic mass is 32.2. The summed E-state index contributed by atoms with van der Waals surface area (Å²) in [5.41, 5.74) is 1.90. The second kappa shape index (κ2) is 8.15. The third kappa shape index (κ3) is 4.06. The van der Waals surface area contributed by atoms with Crippen LogP contribution in [-0.4, -0.2) is 41.8 Å². The van der Waals surface area contributed by atoms with Crippen molar-refractivity contribution in [3.05, 3.63) is 48.4 Å².